The van der Waals surface area contributed by atoms with E-state index in [-0.39, 0.29) is 18.3 Å². The van der Waals surface area contributed by atoms with Crippen LogP contribution in [0.3, 0.4) is 0 Å². The van der Waals surface area contributed by atoms with E-state index >= 15 is 0 Å². The lowest BCUT2D eigenvalue weighted by molar-refractivity contribution is 0.0993. The number of rotatable bonds is 6. The van der Waals surface area contributed by atoms with Gasteiger partial charge in [0.2, 0.25) is 0 Å². The van der Waals surface area contributed by atoms with Crippen LogP contribution in [-0.4, -0.2) is 5.91 Å². The lowest BCUT2D eigenvalue weighted by Gasteiger charge is -2.04. The Balaban J connectivity index is 1.65. The molecule has 0 radical (unpaired) electrons. The minimum absolute atomic E-state index is 0.174. The highest BCUT2D eigenvalue weighted by atomic mass is 79.9. The SMILES string of the molecule is CCc1cc(C#N)c(NC(=O)c2ccc(COc3cccc(Br)c3)o2)s1. The first-order valence-corrected chi connectivity index (χ1v) is 9.51. The second-order valence-electron chi connectivity index (χ2n) is 5.39. The van der Waals surface area contributed by atoms with E-state index in [9.17, 15) is 10.1 Å². The molecule has 1 amide bonds. The van der Waals surface area contributed by atoms with Crippen LogP contribution in [0.2, 0.25) is 0 Å². The highest BCUT2D eigenvalue weighted by Crippen LogP contribution is 2.28. The molecular weight excluding hydrogens is 416 g/mol. The summed E-state index contributed by atoms with van der Waals surface area (Å²) < 4.78 is 12.1. The maximum Gasteiger partial charge on any atom is 0.292 e. The highest BCUT2D eigenvalue weighted by molar-refractivity contribution is 9.10. The van der Waals surface area contributed by atoms with Gasteiger partial charge in [-0.1, -0.05) is 28.9 Å². The number of carbonyl (C=O) groups is 1. The number of benzene rings is 1. The number of nitriles is 1. The summed E-state index contributed by atoms with van der Waals surface area (Å²) in [5.74, 6) is 1.02. The van der Waals surface area contributed by atoms with Crippen LogP contribution in [0.1, 0.15) is 33.7 Å². The van der Waals surface area contributed by atoms with Crippen LogP contribution in [0.5, 0.6) is 5.75 Å². The van der Waals surface area contributed by atoms with Crippen LogP contribution < -0.4 is 10.1 Å². The predicted octanol–water partition coefficient (Wildman–Crippen LogP) is 5.37. The zero-order valence-electron chi connectivity index (χ0n) is 13.9. The van der Waals surface area contributed by atoms with Crippen molar-refractivity contribution in [2.75, 3.05) is 5.32 Å². The zero-order chi connectivity index (χ0) is 18.5. The van der Waals surface area contributed by atoms with E-state index in [1.807, 2.05) is 31.2 Å². The first-order valence-electron chi connectivity index (χ1n) is 7.90. The van der Waals surface area contributed by atoms with Gasteiger partial charge in [-0.05, 0) is 42.8 Å². The van der Waals surface area contributed by atoms with Gasteiger partial charge in [-0.2, -0.15) is 5.26 Å². The summed E-state index contributed by atoms with van der Waals surface area (Å²) in [5.41, 5.74) is 0.463. The summed E-state index contributed by atoms with van der Waals surface area (Å²) >= 11 is 4.78. The molecule has 0 atom stereocenters. The van der Waals surface area contributed by atoms with Gasteiger partial charge >= 0.3 is 0 Å². The third kappa shape index (κ3) is 4.34. The number of anilines is 1. The standard InChI is InChI=1S/C19H15BrN2O3S/c1-2-16-8-12(10-21)19(26-16)22-18(23)17-7-6-15(25-17)11-24-14-5-3-4-13(20)9-14/h3-9H,2,11H2,1H3,(H,22,23). The second kappa shape index (κ2) is 8.21. The second-order valence-corrected chi connectivity index (χ2v) is 7.44. The van der Waals surface area contributed by atoms with E-state index in [1.165, 1.54) is 11.3 Å². The third-order valence-electron chi connectivity index (χ3n) is 3.54. The Hall–Kier alpha value is -2.56. The normalized spacial score (nSPS) is 10.3. The van der Waals surface area contributed by atoms with Gasteiger partial charge in [0.15, 0.2) is 5.76 Å². The van der Waals surface area contributed by atoms with Crippen molar-refractivity contribution in [3.63, 3.8) is 0 Å². The highest BCUT2D eigenvalue weighted by Gasteiger charge is 2.16. The number of aryl methyl sites for hydroxylation is 1. The summed E-state index contributed by atoms with van der Waals surface area (Å²) in [5, 5.41) is 12.5. The molecule has 1 N–H and O–H groups in total. The number of hydrogen-bond donors (Lipinski definition) is 1. The lowest BCUT2D eigenvalue weighted by atomic mass is 10.3. The van der Waals surface area contributed by atoms with Crippen molar-refractivity contribution < 1.29 is 13.9 Å². The van der Waals surface area contributed by atoms with Gasteiger partial charge in [0, 0.05) is 9.35 Å². The molecule has 0 aliphatic rings. The fraction of sp³-hybridized carbons (Fsp3) is 0.158. The molecule has 3 rings (SSSR count). The number of carbonyl (C=O) groups excluding carboxylic acids is 1. The van der Waals surface area contributed by atoms with Crippen molar-refractivity contribution in [3.8, 4) is 11.8 Å². The molecular formula is C19H15BrN2O3S. The fourth-order valence-electron chi connectivity index (χ4n) is 2.25. The van der Waals surface area contributed by atoms with Gasteiger partial charge in [-0.15, -0.1) is 11.3 Å². The molecule has 0 unspecified atom stereocenters. The molecule has 132 valence electrons. The fourth-order valence-corrected chi connectivity index (χ4v) is 3.57. The molecule has 2 aromatic heterocycles. The Morgan fingerprint density at radius 3 is 2.92 bits per heavy atom. The summed E-state index contributed by atoms with van der Waals surface area (Å²) in [6, 6.07) is 14.7. The molecule has 5 nitrogen and oxygen atoms in total. The Bertz CT molecular complexity index is 971. The van der Waals surface area contributed by atoms with Crippen molar-refractivity contribution in [3.05, 3.63) is 68.9 Å². The maximum absolute atomic E-state index is 12.4. The third-order valence-corrected chi connectivity index (χ3v) is 5.23. The average molecular weight is 431 g/mol. The number of hydrogen-bond acceptors (Lipinski definition) is 5. The molecule has 7 heteroatoms. The van der Waals surface area contributed by atoms with Crippen LogP contribution >= 0.6 is 27.3 Å². The Morgan fingerprint density at radius 2 is 2.19 bits per heavy atom. The number of amides is 1. The number of nitrogens with one attached hydrogen (secondary N) is 1. The largest absolute Gasteiger partial charge is 0.486 e. The van der Waals surface area contributed by atoms with Gasteiger partial charge in [0.25, 0.3) is 5.91 Å². The minimum Gasteiger partial charge on any atom is -0.486 e. The molecule has 0 aliphatic carbocycles. The van der Waals surface area contributed by atoms with Crippen LogP contribution in [0.4, 0.5) is 5.00 Å². The number of furan rings is 1. The Morgan fingerprint density at radius 1 is 1.35 bits per heavy atom. The molecule has 0 spiro atoms. The molecule has 0 aliphatic heterocycles. The van der Waals surface area contributed by atoms with E-state index in [0.29, 0.717) is 22.1 Å². The van der Waals surface area contributed by atoms with Gasteiger partial charge < -0.3 is 14.5 Å². The van der Waals surface area contributed by atoms with Gasteiger partial charge in [0.1, 0.15) is 29.2 Å². The Kier molecular flexibility index (Phi) is 5.76. The lowest BCUT2D eigenvalue weighted by Crippen LogP contribution is -2.10. The van der Waals surface area contributed by atoms with Crippen LogP contribution in [0.25, 0.3) is 0 Å². The molecule has 3 aromatic rings. The van der Waals surface area contributed by atoms with Gasteiger partial charge in [-0.3, -0.25) is 4.79 Å². The van der Waals surface area contributed by atoms with Crippen LogP contribution in [0.15, 0.2) is 51.4 Å². The molecule has 0 saturated carbocycles. The van der Waals surface area contributed by atoms with E-state index in [2.05, 4.69) is 27.3 Å². The number of halogens is 1. The average Bonchev–Trinajstić information content (AvgIpc) is 3.26. The topological polar surface area (TPSA) is 75.3 Å². The van der Waals surface area contributed by atoms with Crippen molar-refractivity contribution in [2.24, 2.45) is 0 Å². The number of nitrogens with zero attached hydrogens (tertiary/aromatic N) is 1. The zero-order valence-corrected chi connectivity index (χ0v) is 16.3. The van der Waals surface area contributed by atoms with Crippen molar-refractivity contribution >= 4 is 38.2 Å². The monoisotopic (exact) mass is 430 g/mol. The van der Waals surface area contributed by atoms with Gasteiger partial charge in [-0.25, -0.2) is 0 Å². The predicted molar refractivity (Wildman–Crippen MR) is 104 cm³/mol. The van der Waals surface area contributed by atoms with E-state index in [1.54, 1.807) is 18.2 Å². The van der Waals surface area contributed by atoms with Crippen LogP contribution in [-0.2, 0) is 13.0 Å². The molecule has 2 heterocycles. The van der Waals surface area contributed by atoms with Crippen molar-refractivity contribution in [1.82, 2.24) is 0 Å². The van der Waals surface area contributed by atoms with Gasteiger partial charge in [0.05, 0.1) is 5.56 Å². The van der Waals surface area contributed by atoms with E-state index in [4.69, 9.17) is 9.15 Å². The van der Waals surface area contributed by atoms with Crippen molar-refractivity contribution in [2.45, 2.75) is 20.0 Å². The first-order chi connectivity index (χ1) is 12.6. The maximum atomic E-state index is 12.4. The number of ether oxygens (including phenoxy) is 1. The summed E-state index contributed by atoms with van der Waals surface area (Å²) in [7, 11) is 0. The van der Waals surface area contributed by atoms with E-state index in [0.717, 1.165) is 15.8 Å². The minimum atomic E-state index is -0.389. The number of thiophene rings is 1. The summed E-state index contributed by atoms with van der Waals surface area (Å²) in [4.78, 5) is 13.4. The quantitative estimate of drug-likeness (QED) is 0.570. The smallest absolute Gasteiger partial charge is 0.292 e. The Labute approximate surface area is 163 Å². The van der Waals surface area contributed by atoms with Crippen molar-refractivity contribution in [1.29, 1.82) is 5.26 Å². The summed E-state index contributed by atoms with van der Waals surface area (Å²) in [6.07, 6.45) is 0.813. The molecule has 0 fully saturated rings. The molecule has 1 aromatic carbocycles. The molecule has 0 saturated heterocycles. The van der Waals surface area contributed by atoms with E-state index < -0.39 is 0 Å². The molecule has 26 heavy (non-hydrogen) atoms. The first kappa shape index (κ1) is 18.2. The molecule has 0 bridgehead atoms. The summed E-state index contributed by atoms with van der Waals surface area (Å²) in [6.45, 7) is 2.22. The van der Waals surface area contributed by atoms with Crippen LogP contribution in [0, 0.1) is 11.3 Å².